The Morgan fingerprint density at radius 1 is 1.71 bits per heavy atom. The number of aliphatic hydroxyl groups is 1. The highest BCUT2D eigenvalue weighted by Gasteiger charge is 2.08. The number of rotatable bonds is 5. The molecule has 1 atom stereocenters. The number of amides is 1. The summed E-state index contributed by atoms with van der Waals surface area (Å²) in [5.41, 5.74) is 0. The highest BCUT2D eigenvalue weighted by Crippen LogP contribution is 1.93. The average Bonchev–Trinajstić information content (AvgIpc) is 2.64. The van der Waals surface area contributed by atoms with Gasteiger partial charge in [-0.2, -0.15) is 5.21 Å². The smallest absolute Gasteiger partial charge is 0.292 e. The molecular weight excluding hydrogens is 186 g/mol. The van der Waals surface area contributed by atoms with Gasteiger partial charge in [-0.05, 0) is 25.0 Å². The first-order valence-corrected chi connectivity index (χ1v) is 4.40. The van der Waals surface area contributed by atoms with Crippen LogP contribution in [0.15, 0.2) is 0 Å². The summed E-state index contributed by atoms with van der Waals surface area (Å²) in [7, 11) is 0. The molecule has 1 amide bonds. The molecule has 1 heterocycles. The summed E-state index contributed by atoms with van der Waals surface area (Å²) in [6.45, 7) is 2.21. The van der Waals surface area contributed by atoms with Crippen molar-refractivity contribution in [3.63, 3.8) is 0 Å². The monoisotopic (exact) mass is 199 g/mol. The van der Waals surface area contributed by atoms with E-state index >= 15 is 0 Å². The van der Waals surface area contributed by atoms with Gasteiger partial charge in [-0.25, -0.2) is 0 Å². The number of hydrogen-bond donors (Lipinski definition) is 3. The molecule has 0 aliphatic heterocycles. The van der Waals surface area contributed by atoms with Gasteiger partial charge in [-0.3, -0.25) is 4.79 Å². The van der Waals surface area contributed by atoms with Crippen molar-refractivity contribution in [2.45, 2.75) is 25.9 Å². The van der Waals surface area contributed by atoms with E-state index in [4.69, 9.17) is 5.11 Å². The van der Waals surface area contributed by atoms with Crippen LogP contribution in [-0.2, 0) is 0 Å². The summed E-state index contributed by atoms with van der Waals surface area (Å²) in [4.78, 5) is 11.2. The van der Waals surface area contributed by atoms with Gasteiger partial charge in [0.1, 0.15) is 0 Å². The van der Waals surface area contributed by atoms with Gasteiger partial charge >= 0.3 is 0 Å². The topological polar surface area (TPSA) is 104 Å². The zero-order valence-corrected chi connectivity index (χ0v) is 7.90. The average molecular weight is 199 g/mol. The molecule has 0 aromatic carbocycles. The fourth-order valence-electron chi connectivity index (χ4n) is 0.936. The van der Waals surface area contributed by atoms with E-state index in [1.54, 1.807) is 6.92 Å². The van der Waals surface area contributed by atoms with Crippen LogP contribution in [0, 0.1) is 0 Å². The SMILES string of the molecule is CC(O)CCCNC(=O)c1nn[nH]n1. The van der Waals surface area contributed by atoms with Crippen LogP contribution in [0.5, 0.6) is 0 Å². The molecule has 7 heteroatoms. The highest BCUT2D eigenvalue weighted by atomic mass is 16.3. The molecular formula is C7H13N5O2. The maximum atomic E-state index is 11.2. The van der Waals surface area contributed by atoms with Gasteiger partial charge in [0.25, 0.3) is 11.7 Å². The number of nitrogens with one attached hydrogen (secondary N) is 2. The minimum atomic E-state index is -0.357. The summed E-state index contributed by atoms with van der Waals surface area (Å²) in [6.07, 6.45) is 1.05. The van der Waals surface area contributed by atoms with Crippen molar-refractivity contribution >= 4 is 5.91 Å². The number of carbonyl (C=O) groups excluding carboxylic acids is 1. The molecule has 0 saturated carbocycles. The van der Waals surface area contributed by atoms with Gasteiger partial charge in [0.2, 0.25) is 0 Å². The number of aliphatic hydroxyl groups excluding tert-OH is 1. The lowest BCUT2D eigenvalue weighted by molar-refractivity contribution is 0.0939. The van der Waals surface area contributed by atoms with Crippen molar-refractivity contribution in [1.82, 2.24) is 25.9 Å². The van der Waals surface area contributed by atoms with Crippen LogP contribution < -0.4 is 5.32 Å². The Hall–Kier alpha value is -1.50. The summed E-state index contributed by atoms with van der Waals surface area (Å²) in [5, 5.41) is 24.0. The minimum absolute atomic E-state index is 0.0297. The quantitative estimate of drug-likeness (QED) is 0.532. The Morgan fingerprint density at radius 2 is 2.50 bits per heavy atom. The van der Waals surface area contributed by atoms with Crippen molar-refractivity contribution in [2.24, 2.45) is 0 Å². The number of tetrazole rings is 1. The molecule has 0 radical (unpaired) electrons. The van der Waals surface area contributed by atoms with Crippen molar-refractivity contribution < 1.29 is 9.90 Å². The Morgan fingerprint density at radius 3 is 3.07 bits per heavy atom. The molecule has 7 nitrogen and oxygen atoms in total. The normalized spacial score (nSPS) is 12.4. The molecule has 0 aliphatic rings. The molecule has 0 fully saturated rings. The predicted molar refractivity (Wildman–Crippen MR) is 47.4 cm³/mol. The Labute approximate surface area is 80.9 Å². The molecule has 78 valence electrons. The molecule has 1 unspecified atom stereocenters. The zero-order valence-electron chi connectivity index (χ0n) is 7.90. The second-order valence-electron chi connectivity index (χ2n) is 2.98. The van der Waals surface area contributed by atoms with Crippen molar-refractivity contribution in [3.8, 4) is 0 Å². The molecule has 3 N–H and O–H groups in total. The Bertz CT molecular complexity index is 272. The number of nitrogens with zero attached hydrogens (tertiary/aromatic N) is 3. The van der Waals surface area contributed by atoms with E-state index in [0.717, 1.165) is 6.42 Å². The third-order valence-corrected chi connectivity index (χ3v) is 1.63. The molecule has 14 heavy (non-hydrogen) atoms. The second kappa shape index (κ2) is 5.28. The Kier molecular flexibility index (Phi) is 3.99. The van der Waals surface area contributed by atoms with Gasteiger partial charge in [0, 0.05) is 6.54 Å². The van der Waals surface area contributed by atoms with Gasteiger partial charge in [0.05, 0.1) is 6.10 Å². The minimum Gasteiger partial charge on any atom is -0.393 e. The molecule has 0 bridgehead atoms. The van der Waals surface area contributed by atoms with E-state index in [0.29, 0.717) is 13.0 Å². The van der Waals surface area contributed by atoms with E-state index < -0.39 is 0 Å². The molecule has 1 rings (SSSR count). The lowest BCUT2D eigenvalue weighted by Gasteiger charge is -2.03. The number of hydrogen-bond acceptors (Lipinski definition) is 5. The van der Waals surface area contributed by atoms with E-state index in [1.165, 1.54) is 0 Å². The largest absolute Gasteiger partial charge is 0.393 e. The molecule has 1 aromatic heterocycles. The molecule has 0 aliphatic carbocycles. The fourth-order valence-corrected chi connectivity index (χ4v) is 0.936. The van der Waals surface area contributed by atoms with Crippen molar-refractivity contribution in [2.75, 3.05) is 6.54 Å². The molecule has 1 aromatic rings. The van der Waals surface area contributed by atoms with Crippen molar-refractivity contribution in [1.29, 1.82) is 0 Å². The third-order valence-electron chi connectivity index (χ3n) is 1.63. The number of H-pyrrole nitrogens is 1. The second-order valence-corrected chi connectivity index (χ2v) is 2.98. The Balaban J connectivity index is 2.16. The first kappa shape index (κ1) is 10.6. The predicted octanol–water partition coefficient (Wildman–Crippen LogP) is -0.909. The van der Waals surface area contributed by atoms with Crippen LogP contribution in [0.4, 0.5) is 0 Å². The molecule has 0 spiro atoms. The van der Waals surface area contributed by atoms with Crippen LogP contribution in [0.1, 0.15) is 30.4 Å². The maximum absolute atomic E-state index is 11.2. The van der Waals surface area contributed by atoms with Gasteiger partial charge in [0.15, 0.2) is 0 Å². The number of aromatic amines is 1. The maximum Gasteiger partial charge on any atom is 0.292 e. The van der Waals surface area contributed by atoms with Crippen LogP contribution in [0.3, 0.4) is 0 Å². The standard InChI is InChI=1S/C7H13N5O2/c1-5(13)3-2-4-8-7(14)6-9-11-12-10-6/h5,13H,2-4H2,1H3,(H,8,14)(H,9,10,11,12). The third kappa shape index (κ3) is 3.48. The molecule has 0 saturated heterocycles. The lowest BCUT2D eigenvalue weighted by atomic mass is 10.2. The van der Waals surface area contributed by atoms with Crippen molar-refractivity contribution in [3.05, 3.63) is 5.82 Å². The van der Waals surface area contributed by atoms with Gasteiger partial charge in [-0.15, -0.1) is 10.2 Å². The van der Waals surface area contributed by atoms with Crippen LogP contribution in [-0.4, -0.2) is 44.3 Å². The fraction of sp³-hybridized carbons (Fsp3) is 0.714. The zero-order chi connectivity index (χ0) is 10.4. The summed E-state index contributed by atoms with van der Waals surface area (Å²) < 4.78 is 0. The highest BCUT2D eigenvalue weighted by molar-refractivity contribution is 5.89. The van der Waals surface area contributed by atoms with E-state index in [-0.39, 0.29) is 17.8 Å². The van der Waals surface area contributed by atoms with Crippen LogP contribution >= 0.6 is 0 Å². The van der Waals surface area contributed by atoms with E-state index in [2.05, 4.69) is 25.9 Å². The first-order chi connectivity index (χ1) is 6.70. The van der Waals surface area contributed by atoms with Gasteiger partial charge in [-0.1, -0.05) is 0 Å². The first-order valence-electron chi connectivity index (χ1n) is 4.40. The summed E-state index contributed by atoms with van der Waals surface area (Å²) in [6, 6.07) is 0. The summed E-state index contributed by atoms with van der Waals surface area (Å²) in [5.74, 6) is -0.327. The van der Waals surface area contributed by atoms with Crippen LogP contribution in [0.25, 0.3) is 0 Å². The van der Waals surface area contributed by atoms with Crippen LogP contribution in [0.2, 0.25) is 0 Å². The number of aromatic nitrogens is 4. The lowest BCUT2D eigenvalue weighted by Crippen LogP contribution is -2.26. The van der Waals surface area contributed by atoms with Gasteiger partial charge < -0.3 is 10.4 Å². The number of carbonyl (C=O) groups is 1. The summed E-state index contributed by atoms with van der Waals surface area (Å²) >= 11 is 0. The van der Waals surface area contributed by atoms with E-state index in [1.807, 2.05) is 0 Å². The van der Waals surface area contributed by atoms with E-state index in [9.17, 15) is 4.79 Å².